The van der Waals surface area contributed by atoms with Gasteiger partial charge >= 0.3 is 6.18 Å². The van der Waals surface area contributed by atoms with Crippen LogP contribution in [0.1, 0.15) is 47.4 Å². The number of rotatable bonds is 4. The molecule has 2 rings (SSSR count). The largest absolute Gasteiger partial charge is 0.435 e. The van der Waals surface area contributed by atoms with E-state index >= 15 is 0 Å². The van der Waals surface area contributed by atoms with Gasteiger partial charge in [-0.2, -0.15) is 18.3 Å². The maximum Gasteiger partial charge on any atom is 0.435 e. The molecule has 2 heterocycles. The minimum absolute atomic E-state index is 0.127. The maximum atomic E-state index is 12.6. The van der Waals surface area contributed by atoms with Gasteiger partial charge in [-0.05, 0) is 0 Å². The number of carbonyl (C=O) groups is 1. The minimum atomic E-state index is -4.59. The van der Waals surface area contributed by atoms with E-state index < -0.39 is 17.8 Å². The smallest absolute Gasteiger partial charge is 0.361 e. The Kier molecular flexibility index (Phi) is 4.49. The van der Waals surface area contributed by atoms with Crippen molar-refractivity contribution in [3.63, 3.8) is 0 Å². The molecule has 0 unspecified atom stereocenters. The van der Waals surface area contributed by atoms with Crippen molar-refractivity contribution < 1.29 is 22.5 Å². The predicted octanol–water partition coefficient (Wildman–Crippen LogP) is 2.82. The fourth-order valence-corrected chi connectivity index (χ4v) is 1.99. The highest BCUT2D eigenvalue weighted by atomic mass is 19.4. The van der Waals surface area contributed by atoms with Gasteiger partial charge in [-0.15, -0.1) is 0 Å². The molecule has 0 atom stereocenters. The zero-order valence-electron chi connectivity index (χ0n) is 13.2. The summed E-state index contributed by atoms with van der Waals surface area (Å²) in [5.41, 5.74) is -0.713. The summed E-state index contributed by atoms with van der Waals surface area (Å²) >= 11 is 0. The summed E-state index contributed by atoms with van der Waals surface area (Å²) in [5, 5.41) is 7.18. The summed E-state index contributed by atoms with van der Waals surface area (Å²) < 4.78 is 44.0. The number of nitrogens with zero attached hydrogens (tertiary/aromatic N) is 4. The first-order valence-corrected chi connectivity index (χ1v) is 6.91. The van der Waals surface area contributed by atoms with Crippen LogP contribution < -0.4 is 0 Å². The van der Waals surface area contributed by atoms with Crippen LogP contribution in [-0.4, -0.2) is 32.8 Å². The second kappa shape index (κ2) is 6.05. The van der Waals surface area contributed by atoms with Gasteiger partial charge in [-0.25, -0.2) is 0 Å². The standard InChI is InChI=1S/C14H17F3N4O2/c1-8(2)11-5-9(19-23-11)7-20(3)13(22)10-6-12(14(15,16)17)18-21(10)4/h5-6,8H,7H2,1-4H3. The highest BCUT2D eigenvalue weighted by molar-refractivity contribution is 5.92. The molecular weight excluding hydrogens is 313 g/mol. The van der Waals surface area contributed by atoms with Crippen LogP contribution in [0.2, 0.25) is 0 Å². The minimum Gasteiger partial charge on any atom is -0.361 e. The summed E-state index contributed by atoms with van der Waals surface area (Å²) in [6.45, 7) is 4.00. The highest BCUT2D eigenvalue weighted by Gasteiger charge is 2.35. The molecule has 0 bridgehead atoms. The molecule has 9 heteroatoms. The third kappa shape index (κ3) is 3.72. The Balaban J connectivity index is 2.14. The third-order valence-electron chi connectivity index (χ3n) is 3.28. The first kappa shape index (κ1) is 17.0. The molecule has 1 amide bonds. The van der Waals surface area contributed by atoms with Gasteiger partial charge in [0, 0.05) is 32.1 Å². The van der Waals surface area contributed by atoms with E-state index in [1.54, 1.807) is 6.07 Å². The normalized spacial score (nSPS) is 12.0. The molecule has 2 aromatic rings. The van der Waals surface area contributed by atoms with Crippen LogP contribution in [0.15, 0.2) is 16.7 Å². The number of amides is 1. The average Bonchev–Trinajstić information content (AvgIpc) is 3.04. The number of hydrogen-bond donors (Lipinski definition) is 0. The van der Waals surface area contributed by atoms with E-state index in [1.165, 1.54) is 19.0 Å². The Morgan fingerprint density at radius 3 is 2.52 bits per heavy atom. The zero-order valence-corrected chi connectivity index (χ0v) is 13.2. The van der Waals surface area contributed by atoms with E-state index in [0.29, 0.717) is 11.5 Å². The van der Waals surface area contributed by atoms with Gasteiger partial charge < -0.3 is 9.42 Å². The van der Waals surface area contributed by atoms with Gasteiger partial charge in [0.05, 0.1) is 6.54 Å². The Hall–Kier alpha value is -2.32. The van der Waals surface area contributed by atoms with Crippen molar-refractivity contribution in [1.29, 1.82) is 0 Å². The van der Waals surface area contributed by atoms with Gasteiger partial charge in [0.1, 0.15) is 17.1 Å². The fourth-order valence-electron chi connectivity index (χ4n) is 1.99. The Morgan fingerprint density at radius 2 is 2.04 bits per heavy atom. The molecule has 23 heavy (non-hydrogen) atoms. The van der Waals surface area contributed by atoms with E-state index in [-0.39, 0.29) is 18.2 Å². The van der Waals surface area contributed by atoms with Crippen LogP contribution in [0.25, 0.3) is 0 Å². The number of carbonyl (C=O) groups excluding carboxylic acids is 1. The van der Waals surface area contributed by atoms with E-state index in [0.717, 1.165) is 10.7 Å². The van der Waals surface area contributed by atoms with Crippen molar-refractivity contribution in [3.8, 4) is 0 Å². The average molecular weight is 330 g/mol. The van der Waals surface area contributed by atoms with E-state index in [2.05, 4.69) is 10.3 Å². The molecule has 0 N–H and O–H groups in total. The summed E-state index contributed by atoms with van der Waals surface area (Å²) in [7, 11) is 2.77. The van der Waals surface area contributed by atoms with Crippen molar-refractivity contribution in [2.45, 2.75) is 32.5 Å². The first-order chi connectivity index (χ1) is 10.6. The lowest BCUT2D eigenvalue weighted by atomic mass is 10.1. The monoisotopic (exact) mass is 330 g/mol. The molecule has 0 aromatic carbocycles. The van der Waals surface area contributed by atoms with E-state index in [1.807, 2.05) is 13.8 Å². The van der Waals surface area contributed by atoms with Crippen molar-refractivity contribution in [2.24, 2.45) is 7.05 Å². The topological polar surface area (TPSA) is 64.2 Å². The van der Waals surface area contributed by atoms with Gasteiger partial charge in [-0.1, -0.05) is 19.0 Å². The molecule has 0 fully saturated rings. The molecule has 126 valence electrons. The van der Waals surface area contributed by atoms with Crippen molar-refractivity contribution in [1.82, 2.24) is 19.8 Å². The number of aryl methyl sites for hydroxylation is 1. The van der Waals surface area contributed by atoms with Gasteiger partial charge in [0.15, 0.2) is 5.69 Å². The summed E-state index contributed by atoms with van der Waals surface area (Å²) in [5.74, 6) is 0.258. The van der Waals surface area contributed by atoms with Crippen LogP contribution in [0.4, 0.5) is 13.2 Å². The number of halogens is 3. The molecule has 0 saturated heterocycles. The molecule has 0 radical (unpaired) electrons. The van der Waals surface area contributed by atoms with Crippen LogP contribution in [-0.2, 0) is 19.8 Å². The van der Waals surface area contributed by atoms with Crippen LogP contribution in [0.5, 0.6) is 0 Å². The number of alkyl halides is 3. The van der Waals surface area contributed by atoms with Gasteiger partial charge in [0.25, 0.3) is 5.91 Å². The molecule has 0 saturated carbocycles. The molecule has 2 aromatic heterocycles. The number of aromatic nitrogens is 3. The Labute approximate surface area is 130 Å². The molecule has 0 spiro atoms. The lowest BCUT2D eigenvalue weighted by Crippen LogP contribution is -2.28. The molecule has 6 nitrogen and oxygen atoms in total. The predicted molar refractivity (Wildman–Crippen MR) is 74.6 cm³/mol. The number of hydrogen-bond acceptors (Lipinski definition) is 4. The van der Waals surface area contributed by atoms with Gasteiger partial charge in [-0.3, -0.25) is 9.48 Å². The van der Waals surface area contributed by atoms with Crippen LogP contribution >= 0.6 is 0 Å². The fraction of sp³-hybridized carbons (Fsp3) is 0.500. The van der Waals surface area contributed by atoms with Crippen molar-refractivity contribution >= 4 is 5.91 Å². The maximum absolute atomic E-state index is 12.6. The van der Waals surface area contributed by atoms with Crippen LogP contribution in [0, 0.1) is 0 Å². The van der Waals surface area contributed by atoms with Crippen molar-refractivity contribution in [3.05, 3.63) is 35.0 Å². The Morgan fingerprint density at radius 1 is 1.39 bits per heavy atom. The first-order valence-electron chi connectivity index (χ1n) is 6.91. The van der Waals surface area contributed by atoms with E-state index in [9.17, 15) is 18.0 Å². The molecule has 0 aliphatic rings. The lowest BCUT2D eigenvalue weighted by Gasteiger charge is -2.15. The SMILES string of the molecule is CC(C)c1cc(CN(C)C(=O)c2cc(C(F)(F)F)nn2C)no1. The Bertz CT molecular complexity index is 703. The molecule has 0 aliphatic carbocycles. The highest BCUT2D eigenvalue weighted by Crippen LogP contribution is 2.28. The quantitative estimate of drug-likeness (QED) is 0.865. The van der Waals surface area contributed by atoms with Crippen LogP contribution in [0.3, 0.4) is 0 Å². The van der Waals surface area contributed by atoms with E-state index in [4.69, 9.17) is 4.52 Å². The van der Waals surface area contributed by atoms with Crippen molar-refractivity contribution in [2.75, 3.05) is 7.05 Å². The molecule has 0 aliphatic heterocycles. The summed E-state index contributed by atoms with van der Waals surface area (Å²) in [6, 6.07) is 2.46. The lowest BCUT2D eigenvalue weighted by molar-refractivity contribution is -0.141. The summed E-state index contributed by atoms with van der Waals surface area (Å²) in [6.07, 6.45) is -4.59. The second-order valence-corrected chi connectivity index (χ2v) is 5.57. The van der Waals surface area contributed by atoms with Gasteiger partial charge in [0.2, 0.25) is 0 Å². The molecular formula is C14H17F3N4O2. The summed E-state index contributed by atoms with van der Waals surface area (Å²) in [4.78, 5) is 13.6. The second-order valence-electron chi connectivity index (χ2n) is 5.57. The zero-order chi connectivity index (χ0) is 17.4. The third-order valence-corrected chi connectivity index (χ3v) is 3.28.